The van der Waals surface area contributed by atoms with Gasteiger partial charge < -0.3 is 11.1 Å². The summed E-state index contributed by atoms with van der Waals surface area (Å²) in [5, 5.41) is 3.12. The number of anilines is 1. The molecule has 3 N–H and O–H groups in total. The van der Waals surface area contributed by atoms with Gasteiger partial charge in [0.25, 0.3) is 0 Å². The van der Waals surface area contributed by atoms with E-state index in [0.717, 1.165) is 31.4 Å². The molecule has 2 aliphatic carbocycles. The molecule has 20 heavy (non-hydrogen) atoms. The van der Waals surface area contributed by atoms with Crippen LogP contribution < -0.4 is 11.1 Å². The number of rotatable bonds is 3. The van der Waals surface area contributed by atoms with Crippen molar-refractivity contribution in [2.75, 3.05) is 5.32 Å². The van der Waals surface area contributed by atoms with E-state index in [1.165, 1.54) is 30.4 Å². The van der Waals surface area contributed by atoms with Crippen molar-refractivity contribution in [3.05, 3.63) is 29.3 Å². The van der Waals surface area contributed by atoms with E-state index in [1.807, 2.05) is 6.07 Å². The molecule has 1 saturated carbocycles. The first-order valence-corrected chi connectivity index (χ1v) is 7.90. The summed E-state index contributed by atoms with van der Waals surface area (Å²) in [6.45, 7) is 0. The summed E-state index contributed by atoms with van der Waals surface area (Å²) in [7, 11) is 0. The Hall–Kier alpha value is -1.35. The molecule has 0 spiro atoms. The van der Waals surface area contributed by atoms with Crippen LogP contribution in [0, 0.1) is 5.92 Å². The highest BCUT2D eigenvalue weighted by atomic mass is 16.1. The van der Waals surface area contributed by atoms with Crippen LogP contribution in [0.4, 0.5) is 5.69 Å². The van der Waals surface area contributed by atoms with Crippen LogP contribution in [0.1, 0.15) is 49.7 Å². The Balaban J connectivity index is 1.67. The van der Waals surface area contributed by atoms with Crippen LogP contribution in [0.25, 0.3) is 0 Å². The number of amides is 1. The van der Waals surface area contributed by atoms with Crippen LogP contribution in [0.15, 0.2) is 18.2 Å². The highest BCUT2D eigenvalue weighted by Crippen LogP contribution is 2.30. The normalized spacial score (nSPS) is 25.2. The van der Waals surface area contributed by atoms with Crippen LogP contribution in [0.2, 0.25) is 0 Å². The first kappa shape index (κ1) is 13.6. The summed E-state index contributed by atoms with van der Waals surface area (Å²) < 4.78 is 0. The second-order valence-corrected chi connectivity index (χ2v) is 6.26. The first-order chi connectivity index (χ1) is 9.74. The quantitative estimate of drug-likeness (QED) is 0.888. The maximum absolute atomic E-state index is 12.2. The smallest absolute Gasteiger partial charge is 0.224 e. The standard InChI is InChI=1S/C17H24N2O/c18-15-9-3-7-13(15)11-17(20)19-16-10-4-6-12-5-1-2-8-14(12)16/h4,6,10,13,15H,1-3,5,7-9,11,18H2,(H,19,20)/t13-,15+/m0/s1. The summed E-state index contributed by atoms with van der Waals surface area (Å²) in [6.07, 6.45) is 8.64. The zero-order chi connectivity index (χ0) is 13.9. The minimum absolute atomic E-state index is 0.131. The zero-order valence-electron chi connectivity index (χ0n) is 12.0. The second kappa shape index (κ2) is 5.96. The molecule has 3 rings (SSSR count). The van der Waals surface area contributed by atoms with E-state index in [2.05, 4.69) is 17.4 Å². The molecule has 3 nitrogen and oxygen atoms in total. The molecular weight excluding hydrogens is 248 g/mol. The lowest BCUT2D eigenvalue weighted by Crippen LogP contribution is -2.28. The molecule has 2 atom stereocenters. The Morgan fingerprint density at radius 1 is 1.20 bits per heavy atom. The molecular formula is C17H24N2O. The van der Waals surface area contributed by atoms with Gasteiger partial charge in [-0.2, -0.15) is 0 Å². The number of carbonyl (C=O) groups is 1. The van der Waals surface area contributed by atoms with Gasteiger partial charge in [0, 0.05) is 18.2 Å². The summed E-state index contributed by atoms with van der Waals surface area (Å²) in [4.78, 5) is 12.2. The third kappa shape index (κ3) is 2.88. The van der Waals surface area contributed by atoms with Crippen molar-refractivity contribution < 1.29 is 4.79 Å². The van der Waals surface area contributed by atoms with Crippen molar-refractivity contribution in [1.82, 2.24) is 0 Å². The minimum atomic E-state index is 0.131. The third-order valence-electron chi connectivity index (χ3n) is 4.84. The maximum atomic E-state index is 12.2. The number of hydrogen-bond acceptors (Lipinski definition) is 2. The molecule has 3 heteroatoms. The van der Waals surface area contributed by atoms with E-state index in [4.69, 9.17) is 5.73 Å². The van der Waals surface area contributed by atoms with Gasteiger partial charge >= 0.3 is 0 Å². The number of carbonyl (C=O) groups excluding carboxylic acids is 1. The second-order valence-electron chi connectivity index (χ2n) is 6.26. The molecule has 1 amide bonds. The Morgan fingerprint density at radius 2 is 2.05 bits per heavy atom. The lowest BCUT2D eigenvalue weighted by molar-refractivity contribution is -0.117. The van der Waals surface area contributed by atoms with Gasteiger partial charge in [-0.25, -0.2) is 0 Å². The Morgan fingerprint density at radius 3 is 2.85 bits per heavy atom. The van der Waals surface area contributed by atoms with Crippen molar-refractivity contribution in [3.8, 4) is 0 Å². The maximum Gasteiger partial charge on any atom is 0.224 e. The molecule has 0 aliphatic heterocycles. The molecule has 1 aromatic rings. The summed E-state index contributed by atoms with van der Waals surface area (Å²) in [5.41, 5.74) is 9.84. The molecule has 2 aliphatic rings. The van der Waals surface area contributed by atoms with Crippen LogP contribution in [0.3, 0.4) is 0 Å². The molecule has 0 heterocycles. The summed E-state index contributed by atoms with van der Waals surface area (Å²) in [6, 6.07) is 6.50. The SMILES string of the molecule is N[C@@H]1CCC[C@H]1CC(=O)Nc1cccc2c1CCCC2. The van der Waals surface area contributed by atoms with Gasteiger partial charge in [-0.05, 0) is 61.6 Å². The van der Waals surface area contributed by atoms with Crippen LogP contribution >= 0.6 is 0 Å². The molecule has 0 saturated heterocycles. The van der Waals surface area contributed by atoms with Gasteiger partial charge in [0.05, 0.1) is 0 Å². The molecule has 0 bridgehead atoms. The number of aryl methyl sites for hydroxylation is 1. The Labute approximate surface area is 120 Å². The first-order valence-electron chi connectivity index (χ1n) is 7.90. The molecule has 0 aromatic heterocycles. The van der Waals surface area contributed by atoms with Crippen molar-refractivity contribution in [2.45, 2.75) is 57.4 Å². The highest BCUT2D eigenvalue weighted by molar-refractivity contribution is 5.92. The fourth-order valence-corrected chi connectivity index (χ4v) is 3.66. The van der Waals surface area contributed by atoms with E-state index in [9.17, 15) is 4.79 Å². The van der Waals surface area contributed by atoms with Gasteiger partial charge in [-0.3, -0.25) is 4.79 Å². The average molecular weight is 272 g/mol. The largest absolute Gasteiger partial charge is 0.327 e. The minimum Gasteiger partial charge on any atom is -0.327 e. The van der Waals surface area contributed by atoms with Crippen LogP contribution in [-0.4, -0.2) is 11.9 Å². The van der Waals surface area contributed by atoms with Crippen molar-refractivity contribution in [1.29, 1.82) is 0 Å². The van der Waals surface area contributed by atoms with E-state index < -0.39 is 0 Å². The number of nitrogens with one attached hydrogen (secondary N) is 1. The van der Waals surface area contributed by atoms with Gasteiger partial charge in [0.1, 0.15) is 0 Å². The van der Waals surface area contributed by atoms with E-state index >= 15 is 0 Å². The van der Waals surface area contributed by atoms with Gasteiger partial charge in [0.15, 0.2) is 0 Å². The number of hydrogen-bond donors (Lipinski definition) is 2. The van der Waals surface area contributed by atoms with E-state index in [-0.39, 0.29) is 11.9 Å². The molecule has 1 fully saturated rings. The van der Waals surface area contributed by atoms with Gasteiger partial charge in [0.2, 0.25) is 5.91 Å². The zero-order valence-corrected chi connectivity index (χ0v) is 12.0. The van der Waals surface area contributed by atoms with Gasteiger partial charge in [-0.1, -0.05) is 18.6 Å². The number of benzene rings is 1. The van der Waals surface area contributed by atoms with E-state index in [0.29, 0.717) is 12.3 Å². The molecule has 0 unspecified atom stereocenters. The summed E-state index contributed by atoms with van der Waals surface area (Å²) in [5.74, 6) is 0.501. The molecule has 1 aromatic carbocycles. The fraction of sp³-hybridized carbons (Fsp3) is 0.588. The van der Waals surface area contributed by atoms with Crippen molar-refractivity contribution in [2.24, 2.45) is 11.7 Å². The topological polar surface area (TPSA) is 55.1 Å². The number of fused-ring (bicyclic) bond motifs is 1. The van der Waals surface area contributed by atoms with Gasteiger partial charge in [-0.15, -0.1) is 0 Å². The monoisotopic (exact) mass is 272 g/mol. The van der Waals surface area contributed by atoms with Crippen molar-refractivity contribution in [3.63, 3.8) is 0 Å². The Kier molecular flexibility index (Phi) is 4.06. The van der Waals surface area contributed by atoms with Crippen molar-refractivity contribution >= 4 is 11.6 Å². The molecule has 0 radical (unpaired) electrons. The Bertz CT molecular complexity index is 498. The highest BCUT2D eigenvalue weighted by Gasteiger charge is 2.26. The average Bonchev–Trinajstić information content (AvgIpc) is 2.85. The summed E-state index contributed by atoms with van der Waals surface area (Å²) >= 11 is 0. The van der Waals surface area contributed by atoms with E-state index in [1.54, 1.807) is 0 Å². The third-order valence-corrected chi connectivity index (χ3v) is 4.84. The van der Waals surface area contributed by atoms with Crippen LogP contribution in [0.5, 0.6) is 0 Å². The number of nitrogens with two attached hydrogens (primary N) is 1. The lowest BCUT2D eigenvalue weighted by Gasteiger charge is -2.20. The molecule has 108 valence electrons. The lowest BCUT2D eigenvalue weighted by atomic mass is 9.90. The van der Waals surface area contributed by atoms with Crippen LogP contribution in [-0.2, 0) is 17.6 Å². The predicted molar refractivity (Wildman–Crippen MR) is 81.6 cm³/mol. The fourth-order valence-electron chi connectivity index (χ4n) is 3.66. The predicted octanol–water partition coefficient (Wildman–Crippen LogP) is 3.02.